The van der Waals surface area contributed by atoms with Crippen LogP contribution < -0.4 is 10.2 Å². The number of nitrogens with one attached hydrogen (secondary N) is 1. The van der Waals surface area contributed by atoms with Gasteiger partial charge in [0.1, 0.15) is 0 Å². The monoisotopic (exact) mass is 312 g/mol. The summed E-state index contributed by atoms with van der Waals surface area (Å²) in [5.74, 6) is 0.0158. The zero-order valence-electron chi connectivity index (χ0n) is 13.7. The number of anilines is 2. The predicted molar refractivity (Wildman–Crippen MR) is 94.9 cm³/mol. The van der Waals surface area contributed by atoms with Gasteiger partial charge in [-0.2, -0.15) is 0 Å². The van der Waals surface area contributed by atoms with Gasteiger partial charge < -0.3 is 15.3 Å². The summed E-state index contributed by atoms with van der Waals surface area (Å²) in [6, 6.07) is 15.9. The maximum absolute atomic E-state index is 12.0. The summed E-state index contributed by atoms with van der Waals surface area (Å²) >= 11 is 0. The van der Waals surface area contributed by atoms with Gasteiger partial charge in [0.05, 0.1) is 6.61 Å². The molecule has 0 aliphatic heterocycles. The number of benzene rings is 2. The maximum atomic E-state index is 12.0. The zero-order valence-corrected chi connectivity index (χ0v) is 13.7. The van der Waals surface area contributed by atoms with Crippen LogP contribution in [0.4, 0.5) is 11.4 Å². The quantitative estimate of drug-likeness (QED) is 0.826. The fraction of sp³-hybridized carbons (Fsp3) is 0.316. The number of rotatable bonds is 7. The molecule has 0 radical (unpaired) electrons. The molecule has 2 aromatic rings. The second-order valence-corrected chi connectivity index (χ2v) is 5.73. The number of aliphatic hydroxyl groups is 1. The third kappa shape index (κ3) is 5.42. The number of hydrogen-bond acceptors (Lipinski definition) is 3. The van der Waals surface area contributed by atoms with Gasteiger partial charge in [-0.15, -0.1) is 0 Å². The average Bonchev–Trinajstić information content (AvgIpc) is 2.55. The number of nitrogens with zero attached hydrogens (tertiary/aromatic N) is 1. The number of carbonyl (C=O) groups is 1. The summed E-state index contributed by atoms with van der Waals surface area (Å²) in [6.45, 7) is 2.76. The van der Waals surface area contributed by atoms with E-state index in [1.54, 1.807) is 0 Å². The molecule has 2 N–H and O–H groups in total. The van der Waals surface area contributed by atoms with Gasteiger partial charge >= 0.3 is 0 Å². The van der Waals surface area contributed by atoms with Crippen molar-refractivity contribution in [3.05, 3.63) is 59.7 Å². The molecule has 0 fully saturated rings. The van der Waals surface area contributed by atoms with Crippen molar-refractivity contribution < 1.29 is 9.90 Å². The molecule has 23 heavy (non-hydrogen) atoms. The number of amides is 1. The van der Waals surface area contributed by atoms with Crippen LogP contribution in [-0.2, 0) is 11.2 Å². The van der Waals surface area contributed by atoms with Gasteiger partial charge in [0.25, 0.3) is 0 Å². The molecule has 0 aromatic heterocycles. The number of aryl methyl sites for hydroxylation is 2. The molecule has 0 saturated heterocycles. The second-order valence-electron chi connectivity index (χ2n) is 5.73. The van der Waals surface area contributed by atoms with Crippen molar-refractivity contribution >= 4 is 17.3 Å². The highest BCUT2D eigenvalue weighted by molar-refractivity contribution is 5.91. The molecular weight excluding hydrogens is 288 g/mol. The Bertz CT molecular complexity index is 621. The fourth-order valence-corrected chi connectivity index (χ4v) is 2.31. The molecule has 122 valence electrons. The number of hydrogen-bond donors (Lipinski definition) is 2. The van der Waals surface area contributed by atoms with E-state index in [1.165, 1.54) is 11.1 Å². The lowest BCUT2D eigenvalue weighted by Crippen LogP contribution is -2.21. The molecule has 0 atom stereocenters. The third-order valence-corrected chi connectivity index (χ3v) is 3.79. The van der Waals surface area contributed by atoms with E-state index in [4.69, 9.17) is 5.11 Å². The molecule has 0 unspecified atom stereocenters. The van der Waals surface area contributed by atoms with Crippen molar-refractivity contribution in [2.24, 2.45) is 0 Å². The largest absolute Gasteiger partial charge is 0.395 e. The van der Waals surface area contributed by atoms with E-state index >= 15 is 0 Å². The third-order valence-electron chi connectivity index (χ3n) is 3.79. The van der Waals surface area contributed by atoms with Gasteiger partial charge in [-0.25, -0.2) is 0 Å². The van der Waals surface area contributed by atoms with Crippen molar-refractivity contribution in [3.63, 3.8) is 0 Å². The zero-order chi connectivity index (χ0) is 16.7. The van der Waals surface area contributed by atoms with Crippen LogP contribution >= 0.6 is 0 Å². The molecule has 0 bridgehead atoms. The van der Waals surface area contributed by atoms with Crippen molar-refractivity contribution in [1.29, 1.82) is 0 Å². The minimum Gasteiger partial charge on any atom is -0.395 e. The van der Waals surface area contributed by atoms with Gasteiger partial charge in [-0.05, 0) is 43.2 Å². The minimum absolute atomic E-state index is 0.0158. The van der Waals surface area contributed by atoms with E-state index in [1.807, 2.05) is 36.2 Å². The van der Waals surface area contributed by atoms with Crippen molar-refractivity contribution in [2.75, 3.05) is 30.4 Å². The van der Waals surface area contributed by atoms with E-state index in [0.29, 0.717) is 13.0 Å². The smallest absolute Gasteiger partial charge is 0.224 e. The topological polar surface area (TPSA) is 52.6 Å². The van der Waals surface area contributed by atoms with Crippen LogP contribution in [-0.4, -0.2) is 31.2 Å². The van der Waals surface area contributed by atoms with Crippen LogP contribution in [0.5, 0.6) is 0 Å². The molecule has 0 heterocycles. The summed E-state index contributed by atoms with van der Waals surface area (Å²) in [6.07, 6.45) is 1.21. The van der Waals surface area contributed by atoms with E-state index in [2.05, 4.69) is 36.5 Å². The van der Waals surface area contributed by atoms with Crippen molar-refractivity contribution in [2.45, 2.75) is 19.8 Å². The van der Waals surface area contributed by atoms with Crippen LogP contribution in [0.2, 0.25) is 0 Å². The van der Waals surface area contributed by atoms with Gasteiger partial charge in [-0.1, -0.05) is 29.8 Å². The second kappa shape index (κ2) is 8.34. The Balaban J connectivity index is 1.84. The first kappa shape index (κ1) is 17.0. The van der Waals surface area contributed by atoms with Crippen LogP contribution in [0.15, 0.2) is 48.5 Å². The predicted octanol–water partition coefficient (Wildman–Crippen LogP) is 2.99. The normalized spacial score (nSPS) is 10.4. The highest BCUT2D eigenvalue weighted by Gasteiger charge is 2.05. The lowest BCUT2D eigenvalue weighted by Gasteiger charge is -2.18. The molecule has 2 aromatic carbocycles. The lowest BCUT2D eigenvalue weighted by atomic mass is 10.1. The average molecular weight is 312 g/mol. The SMILES string of the molecule is Cc1ccc(CCC(=O)Nc2ccc(N(C)CCO)cc2)cc1. The first-order chi connectivity index (χ1) is 11.1. The minimum atomic E-state index is 0.0158. The Kier molecular flexibility index (Phi) is 6.18. The van der Waals surface area contributed by atoms with E-state index in [9.17, 15) is 4.79 Å². The Morgan fingerprint density at radius 1 is 1.09 bits per heavy atom. The van der Waals surface area contributed by atoms with Crippen LogP contribution in [0.3, 0.4) is 0 Å². The lowest BCUT2D eigenvalue weighted by molar-refractivity contribution is -0.116. The Hall–Kier alpha value is -2.33. The van der Waals surface area contributed by atoms with Gasteiger partial charge in [0.2, 0.25) is 5.91 Å². The standard InChI is InChI=1S/C19H24N2O2/c1-15-3-5-16(6-4-15)7-12-19(23)20-17-8-10-18(11-9-17)21(2)13-14-22/h3-6,8-11,22H,7,12-14H2,1-2H3,(H,20,23). The van der Waals surface area contributed by atoms with Crippen molar-refractivity contribution in [1.82, 2.24) is 0 Å². The number of aliphatic hydroxyl groups excluding tert-OH is 1. The first-order valence-corrected chi connectivity index (χ1v) is 7.86. The molecule has 0 aliphatic rings. The Morgan fingerprint density at radius 3 is 2.35 bits per heavy atom. The number of likely N-dealkylation sites (N-methyl/N-ethyl adjacent to an activating group) is 1. The van der Waals surface area contributed by atoms with Gasteiger partial charge in [0, 0.05) is 31.4 Å². The summed E-state index contributed by atoms with van der Waals surface area (Å²) in [5.41, 5.74) is 4.20. The summed E-state index contributed by atoms with van der Waals surface area (Å²) in [7, 11) is 1.92. The molecule has 0 aliphatic carbocycles. The van der Waals surface area contributed by atoms with Gasteiger partial charge in [-0.3, -0.25) is 4.79 Å². The van der Waals surface area contributed by atoms with Crippen LogP contribution in [0.25, 0.3) is 0 Å². The van der Waals surface area contributed by atoms with Gasteiger partial charge in [0.15, 0.2) is 0 Å². The maximum Gasteiger partial charge on any atom is 0.224 e. The van der Waals surface area contributed by atoms with Crippen LogP contribution in [0.1, 0.15) is 17.5 Å². The highest BCUT2D eigenvalue weighted by atomic mass is 16.3. The number of carbonyl (C=O) groups excluding carboxylic acids is 1. The molecular formula is C19H24N2O2. The van der Waals surface area contributed by atoms with Crippen LogP contribution in [0, 0.1) is 6.92 Å². The molecule has 4 nitrogen and oxygen atoms in total. The Morgan fingerprint density at radius 2 is 1.74 bits per heavy atom. The summed E-state index contributed by atoms with van der Waals surface area (Å²) in [5, 5.41) is 11.9. The molecule has 1 amide bonds. The highest BCUT2D eigenvalue weighted by Crippen LogP contribution is 2.17. The summed E-state index contributed by atoms with van der Waals surface area (Å²) < 4.78 is 0. The Labute approximate surface area is 137 Å². The van der Waals surface area contributed by atoms with E-state index < -0.39 is 0 Å². The summed E-state index contributed by atoms with van der Waals surface area (Å²) in [4.78, 5) is 14.0. The van der Waals surface area contributed by atoms with E-state index in [-0.39, 0.29) is 12.5 Å². The first-order valence-electron chi connectivity index (χ1n) is 7.86. The van der Waals surface area contributed by atoms with E-state index in [0.717, 1.165) is 17.8 Å². The molecule has 2 rings (SSSR count). The molecule has 0 spiro atoms. The molecule has 0 saturated carbocycles. The molecule has 4 heteroatoms. The van der Waals surface area contributed by atoms with Crippen molar-refractivity contribution in [3.8, 4) is 0 Å². The fourth-order valence-electron chi connectivity index (χ4n) is 2.31.